The first-order chi connectivity index (χ1) is 18.2. The van der Waals surface area contributed by atoms with Crippen molar-refractivity contribution in [1.29, 1.82) is 0 Å². The van der Waals surface area contributed by atoms with Crippen LogP contribution in [0.15, 0.2) is 48.5 Å². The lowest BCUT2D eigenvalue weighted by Crippen LogP contribution is -2.59. The van der Waals surface area contributed by atoms with Crippen LogP contribution in [-0.4, -0.2) is 73.8 Å². The molecular weight excluding hydrogens is 535 g/mol. The smallest absolute Gasteiger partial charge is 0.330 e. The van der Waals surface area contributed by atoms with E-state index in [2.05, 4.69) is 21.3 Å². The minimum Gasteiger partial charge on any atom is -0.467 e. The van der Waals surface area contributed by atoms with Crippen LogP contribution in [0.1, 0.15) is 12.8 Å². The van der Waals surface area contributed by atoms with Crippen LogP contribution in [0.5, 0.6) is 0 Å². The molecule has 0 aromatic heterocycles. The number of para-hydroxylation sites is 2. The van der Waals surface area contributed by atoms with E-state index in [0.717, 1.165) is 5.69 Å². The van der Waals surface area contributed by atoms with Crippen molar-refractivity contribution in [3.8, 4) is 0 Å². The average molecular weight is 563 g/mol. The lowest BCUT2D eigenvalue weighted by Gasteiger charge is -2.43. The molecule has 0 radical (unpaired) electrons. The van der Waals surface area contributed by atoms with Crippen LogP contribution in [0.2, 0.25) is 10.0 Å². The van der Waals surface area contributed by atoms with Crippen LogP contribution in [0.4, 0.5) is 21.0 Å². The molecule has 38 heavy (non-hydrogen) atoms. The Morgan fingerprint density at radius 2 is 1.71 bits per heavy atom. The predicted molar refractivity (Wildman–Crippen MR) is 143 cm³/mol. The number of methoxy groups -OCH3 is 1. The van der Waals surface area contributed by atoms with E-state index >= 15 is 0 Å². The molecule has 2 aliphatic heterocycles. The Bertz CT molecular complexity index is 1190. The molecule has 2 aliphatic rings. The highest BCUT2D eigenvalue weighted by molar-refractivity contribution is 6.39. The zero-order valence-electron chi connectivity index (χ0n) is 20.6. The van der Waals surface area contributed by atoms with Crippen molar-refractivity contribution in [2.75, 3.05) is 43.6 Å². The molecule has 2 heterocycles. The fraction of sp³-hybridized carbons (Fsp3) is 0.360. The van der Waals surface area contributed by atoms with Gasteiger partial charge >= 0.3 is 18.0 Å². The number of nitrogens with zero attached hydrogens (tertiary/aromatic N) is 2. The van der Waals surface area contributed by atoms with Crippen LogP contribution in [0.3, 0.4) is 0 Å². The average Bonchev–Trinajstić information content (AvgIpc) is 3.23. The van der Waals surface area contributed by atoms with Gasteiger partial charge in [0.1, 0.15) is 11.6 Å². The first-order valence-corrected chi connectivity index (χ1v) is 12.7. The fourth-order valence-corrected chi connectivity index (χ4v) is 5.17. The summed E-state index contributed by atoms with van der Waals surface area (Å²) >= 11 is 12.2. The maximum absolute atomic E-state index is 12.9. The summed E-state index contributed by atoms with van der Waals surface area (Å²) in [4.78, 5) is 54.1. The zero-order chi connectivity index (χ0) is 27.3. The second kappa shape index (κ2) is 11.8. The maximum atomic E-state index is 12.9. The molecule has 2 fully saturated rings. The van der Waals surface area contributed by atoms with Gasteiger partial charge in [0.25, 0.3) is 0 Å². The first kappa shape index (κ1) is 27.3. The second-order valence-corrected chi connectivity index (χ2v) is 9.72. The van der Waals surface area contributed by atoms with Crippen LogP contribution in [-0.2, 0) is 14.3 Å². The number of rotatable bonds is 6. The van der Waals surface area contributed by atoms with Gasteiger partial charge in [0, 0.05) is 18.8 Å². The molecule has 0 bridgehead atoms. The molecule has 0 unspecified atom stereocenters. The molecule has 4 rings (SSSR count). The minimum atomic E-state index is -1.17. The third-order valence-corrected chi connectivity index (χ3v) is 7.36. The van der Waals surface area contributed by atoms with Crippen molar-refractivity contribution in [2.24, 2.45) is 0 Å². The fourth-order valence-electron chi connectivity index (χ4n) is 4.67. The van der Waals surface area contributed by atoms with E-state index in [1.165, 1.54) is 7.11 Å². The van der Waals surface area contributed by atoms with Gasteiger partial charge in [0.2, 0.25) is 5.91 Å². The summed E-state index contributed by atoms with van der Waals surface area (Å²) in [6, 6.07) is 12.1. The lowest BCUT2D eigenvalue weighted by atomic mass is 9.85. The van der Waals surface area contributed by atoms with Gasteiger partial charge in [-0.2, -0.15) is 0 Å². The van der Waals surface area contributed by atoms with Crippen LogP contribution in [0.25, 0.3) is 0 Å². The zero-order valence-corrected chi connectivity index (χ0v) is 22.1. The second-order valence-electron chi connectivity index (χ2n) is 8.90. The number of amides is 5. The lowest BCUT2D eigenvalue weighted by molar-refractivity contribution is -0.142. The third kappa shape index (κ3) is 5.73. The van der Waals surface area contributed by atoms with Crippen LogP contribution < -0.4 is 26.2 Å². The van der Waals surface area contributed by atoms with Crippen LogP contribution in [0, 0.1) is 0 Å². The number of urea groups is 2. The molecule has 2 saturated heterocycles. The Labute approximate surface area is 229 Å². The number of piperidine rings is 1. The summed E-state index contributed by atoms with van der Waals surface area (Å²) in [7, 11) is 1.18. The monoisotopic (exact) mass is 562 g/mol. The molecule has 5 amide bonds. The van der Waals surface area contributed by atoms with E-state index in [9.17, 15) is 19.2 Å². The van der Waals surface area contributed by atoms with Gasteiger partial charge in [0.15, 0.2) is 0 Å². The Kier molecular flexibility index (Phi) is 8.48. The first-order valence-electron chi connectivity index (χ1n) is 12.0. The third-order valence-electron chi connectivity index (χ3n) is 6.73. The molecule has 202 valence electrons. The molecule has 2 aromatic rings. The molecule has 1 spiro atoms. The van der Waals surface area contributed by atoms with E-state index < -0.39 is 29.6 Å². The number of hydrogen-bond acceptors (Lipinski definition) is 6. The number of halogens is 2. The number of nitrogens with one attached hydrogen (secondary N) is 4. The summed E-state index contributed by atoms with van der Waals surface area (Å²) in [6.45, 7) is 0.866. The van der Waals surface area contributed by atoms with E-state index in [-0.39, 0.29) is 28.2 Å². The largest absolute Gasteiger partial charge is 0.467 e. The highest BCUT2D eigenvalue weighted by Gasteiger charge is 2.50. The van der Waals surface area contributed by atoms with Gasteiger partial charge in [-0.05, 0) is 37.1 Å². The molecular formula is C25H28Cl2N6O5. The quantitative estimate of drug-likeness (QED) is 0.400. The molecule has 11 nitrogen and oxygen atoms in total. The molecule has 2 aromatic carbocycles. The van der Waals surface area contributed by atoms with Gasteiger partial charge < -0.3 is 35.8 Å². The maximum Gasteiger partial charge on any atom is 0.330 e. The van der Waals surface area contributed by atoms with Crippen molar-refractivity contribution in [2.45, 2.75) is 24.4 Å². The SMILES string of the molecule is COC(=O)[C@H](CNC(=O)N1CCC2(CC1)C(=O)NCN2c1ccccc1)NC(=O)Nc1c(Cl)cccc1Cl. The number of benzene rings is 2. The molecule has 4 N–H and O–H groups in total. The van der Waals surface area contributed by atoms with Crippen molar-refractivity contribution in [3.63, 3.8) is 0 Å². The van der Waals surface area contributed by atoms with Gasteiger partial charge in [0.05, 0.1) is 36.1 Å². The molecule has 0 aliphatic carbocycles. The minimum absolute atomic E-state index is 0.0546. The number of esters is 1. The number of carbonyl (C=O) groups excluding carboxylic acids is 4. The van der Waals surface area contributed by atoms with Crippen molar-refractivity contribution in [1.82, 2.24) is 20.9 Å². The summed E-state index contributed by atoms with van der Waals surface area (Å²) in [6.07, 6.45) is 0.891. The Hall–Kier alpha value is -3.70. The normalized spacial score (nSPS) is 17.0. The summed E-state index contributed by atoms with van der Waals surface area (Å²) in [5, 5.41) is 11.0. The van der Waals surface area contributed by atoms with Gasteiger partial charge in [-0.3, -0.25) is 4.79 Å². The topological polar surface area (TPSA) is 132 Å². The molecule has 0 saturated carbocycles. The van der Waals surface area contributed by atoms with E-state index in [4.69, 9.17) is 27.9 Å². The predicted octanol–water partition coefficient (Wildman–Crippen LogP) is 2.79. The summed E-state index contributed by atoms with van der Waals surface area (Å²) in [5.74, 6) is -0.801. The standard InChI is InChI=1S/C25H28Cl2N6O5/c1-38-21(34)19(30-23(36)31-20-17(26)8-5-9-18(20)27)14-28-24(37)32-12-10-25(11-13-32)22(35)29-15-33(25)16-6-3-2-4-7-16/h2-9,19H,10-15H2,1H3,(H,28,37)(H,29,35)(H2,30,31,36)/t19-/m0/s1. The molecule has 1 atom stereocenters. The highest BCUT2D eigenvalue weighted by Crippen LogP contribution is 2.36. The number of ether oxygens (including phenoxy) is 1. The van der Waals surface area contributed by atoms with Gasteiger partial charge in [-0.25, -0.2) is 14.4 Å². The number of anilines is 2. The summed E-state index contributed by atoms with van der Waals surface area (Å²) in [5.41, 5.74) is 0.391. The van der Waals surface area contributed by atoms with Crippen LogP contribution >= 0.6 is 23.2 Å². The number of likely N-dealkylation sites (tertiary alicyclic amines) is 1. The van der Waals surface area contributed by atoms with Crippen molar-refractivity contribution in [3.05, 3.63) is 58.6 Å². The highest BCUT2D eigenvalue weighted by atomic mass is 35.5. The van der Waals surface area contributed by atoms with Gasteiger partial charge in [-0.15, -0.1) is 0 Å². The Morgan fingerprint density at radius 1 is 1.05 bits per heavy atom. The van der Waals surface area contributed by atoms with E-state index in [0.29, 0.717) is 32.6 Å². The van der Waals surface area contributed by atoms with Crippen molar-refractivity contribution < 1.29 is 23.9 Å². The number of carbonyl (C=O) groups is 4. The van der Waals surface area contributed by atoms with E-state index in [1.807, 2.05) is 35.2 Å². The number of hydrogen-bond donors (Lipinski definition) is 4. The van der Waals surface area contributed by atoms with Crippen molar-refractivity contribution >= 4 is 58.5 Å². The molecule has 13 heteroatoms. The Morgan fingerprint density at radius 3 is 2.34 bits per heavy atom. The summed E-state index contributed by atoms with van der Waals surface area (Å²) < 4.78 is 4.77. The van der Waals surface area contributed by atoms with E-state index in [1.54, 1.807) is 23.1 Å². The Balaban J connectivity index is 1.34. The van der Waals surface area contributed by atoms with Gasteiger partial charge in [-0.1, -0.05) is 47.5 Å².